The van der Waals surface area contributed by atoms with E-state index in [1.54, 1.807) is 11.8 Å². The number of likely N-dealkylation sites (tertiary alicyclic amines) is 1. The molecule has 1 saturated heterocycles. The summed E-state index contributed by atoms with van der Waals surface area (Å²) in [5.74, 6) is 0.776. The van der Waals surface area contributed by atoms with Crippen LogP contribution in [0.3, 0.4) is 0 Å². The number of nitrogens with two attached hydrogens (primary N) is 1. The Balaban J connectivity index is 1.58. The molecule has 2 N–H and O–H groups in total. The SMILES string of the molecule is Cc1nc([C@H]2CCN(C(=O)COc3ccccc3)C2)ncc1C(N)=O. The lowest BCUT2D eigenvalue weighted by atomic mass is 10.1. The number of aromatic nitrogens is 2. The highest BCUT2D eigenvalue weighted by molar-refractivity contribution is 5.93. The Labute approximate surface area is 145 Å². The zero-order valence-electron chi connectivity index (χ0n) is 14.0. The van der Waals surface area contributed by atoms with Gasteiger partial charge in [0.2, 0.25) is 0 Å². The number of benzene rings is 1. The van der Waals surface area contributed by atoms with E-state index < -0.39 is 5.91 Å². The molecule has 1 aromatic carbocycles. The zero-order valence-corrected chi connectivity index (χ0v) is 14.0. The molecule has 1 atom stereocenters. The van der Waals surface area contributed by atoms with Gasteiger partial charge in [0.15, 0.2) is 6.61 Å². The van der Waals surface area contributed by atoms with E-state index >= 15 is 0 Å². The van der Waals surface area contributed by atoms with Gasteiger partial charge in [0.1, 0.15) is 11.6 Å². The largest absolute Gasteiger partial charge is 0.484 e. The Hall–Kier alpha value is -2.96. The van der Waals surface area contributed by atoms with Crippen molar-refractivity contribution in [2.75, 3.05) is 19.7 Å². The number of primary amides is 1. The quantitative estimate of drug-likeness (QED) is 0.884. The van der Waals surface area contributed by atoms with Gasteiger partial charge in [0.25, 0.3) is 11.8 Å². The van der Waals surface area contributed by atoms with Crippen molar-refractivity contribution < 1.29 is 14.3 Å². The minimum Gasteiger partial charge on any atom is -0.484 e. The number of para-hydroxylation sites is 1. The van der Waals surface area contributed by atoms with Crippen LogP contribution in [0.1, 0.15) is 34.2 Å². The molecule has 0 unspecified atom stereocenters. The Kier molecular flexibility index (Phi) is 4.92. The number of hydrogen-bond acceptors (Lipinski definition) is 5. The number of ether oxygens (including phenoxy) is 1. The van der Waals surface area contributed by atoms with Crippen LogP contribution >= 0.6 is 0 Å². The van der Waals surface area contributed by atoms with Crippen LogP contribution in [0.5, 0.6) is 5.75 Å². The minimum atomic E-state index is -0.537. The Morgan fingerprint density at radius 2 is 2.08 bits per heavy atom. The summed E-state index contributed by atoms with van der Waals surface area (Å²) in [5.41, 5.74) is 6.16. The lowest BCUT2D eigenvalue weighted by molar-refractivity contribution is -0.132. The van der Waals surface area contributed by atoms with Gasteiger partial charge in [0.05, 0.1) is 11.3 Å². The van der Waals surface area contributed by atoms with Crippen molar-refractivity contribution in [3.63, 3.8) is 0 Å². The summed E-state index contributed by atoms with van der Waals surface area (Å²) in [6.45, 7) is 2.93. The van der Waals surface area contributed by atoms with Crippen LogP contribution in [0, 0.1) is 6.92 Å². The predicted octanol–water partition coefficient (Wildman–Crippen LogP) is 1.28. The lowest BCUT2D eigenvalue weighted by Gasteiger charge is -2.17. The second-order valence-corrected chi connectivity index (χ2v) is 6.02. The number of aryl methyl sites for hydroxylation is 1. The predicted molar refractivity (Wildman–Crippen MR) is 91.2 cm³/mol. The first-order valence-electron chi connectivity index (χ1n) is 8.13. The maximum Gasteiger partial charge on any atom is 0.260 e. The van der Waals surface area contributed by atoms with Gasteiger partial charge in [-0.15, -0.1) is 0 Å². The molecule has 0 bridgehead atoms. The highest BCUT2D eigenvalue weighted by Gasteiger charge is 2.29. The third-order valence-corrected chi connectivity index (χ3v) is 4.28. The maximum atomic E-state index is 12.3. The first kappa shape index (κ1) is 16.9. The third kappa shape index (κ3) is 3.93. The molecular weight excluding hydrogens is 320 g/mol. The summed E-state index contributed by atoms with van der Waals surface area (Å²) in [6.07, 6.45) is 2.25. The topological polar surface area (TPSA) is 98.4 Å². The van der Waals surface area contributed by atoms with Gasteiger partial charge in [-0.2, -0.15) is 0 Å². The van der Waals surface area contributed by atoms with Gasteiger partial charge in [-0.3, -0.25) is 9.59 Å². The first-order valence-corrected chi connectivity index (χ1v) is 8.13. The second kappa shape index (κ2) is 7.29. The number of hydrogen-bond donors (Lipinski definition) is 1. The van der Waals surface area contributed by atoms with Gasteiger partial charge in [0, 0.05) is 25.2 Å². The number of amides is 2. The van der Waals surface area contributed by atoms with Gasteiger partial charge < -0.3 is 15.4 Å². The number of nitrogens with zero attached hydrogens (tertiary/aromatic N) is 3. The van der Waals surface area contributed by atoms with Crippen molar-refractivity contribution in [2.45, 2.75) is 19.3 Å². The van der Waals surface area contributed by atoms with Crippen LogP contribution in [0.25, 0.3) is 0 Å². The van der Waals surface area contributed by atoms with E-state index in [2.05, 4.69) is 9.97 Å². The molecule has 25 heavy (non-hydrogen) atoms. The highest BCUT2D eigenvalue weighted by atomic mass is 16.5. The van der Waals surface area contributed by atoms with Crippen molar-refractivity contribution in [1.29, 1.82) is 0 Å². The Morgan fingerprint density at radius 3 is 2.76 bits per heavy atom. The molecule has 3 rings (SSSR count). The van der Waals surface area contributed by atoms with Gasteiger partial charge in [-0.25, -0.2) is 9.97 Å². The molecular formula is C18H20N4O3. The Morgan fingerprint density at radius 1 is 1.32 bits per heavy atom. The summed E-state index contributed by atoms with van der Waals surface area (Å²) in [7, 11) is 0. The first-order chi connectivity index (χ1) is 12.0. The van der Waals surface area contributed by atoms with E-state index in [4.69, 9.17) is 10.5 Å². The van der Waals surface area contributed by atoms with Gasteiger partial charge in [-0.05, 0) is 25.5 Å². The fourth-order valence-electron chi connectivity index (χ4n) is 2.87. The summed E-state index contributed by atoms with van der Waals surface area (Å²) in [5, 5.41) is 0. The van der Waals surface area contributed by atoms with Crippen molar-refractivity contribution in [1.82, 2.24) is 14.9 Å². The lowest BCUT2D eigenvalue weighted by Crippen LogP contribution is -2.33. The summed E-state index contributed by atoms with van der Waals surface area (Å²) >= 11 is 0. The molecule has 2 amide bonds. The molecule has 0 radical (unpaired) electrons. The van der Waals surface area contributed by atoms with Crippen molar-refractivity contribution in [3.05, 3.63) is 53.6 Å². The van der Waals surface area contributed by atoms with Crippen LogP contribution in [0.2, 0.25) is 0 Å². The average Bonchev–Trinajstić information content (AvgIpc) is 3.10. The van der Waals surface area contributed by atoms with E-state index in [0.717, 1.165) is 6.42 Å². The zero-order chi connectivity index (χ0) is 17.8. The molecule has 0 spiro atoms. The summed E-state index contributed by atoms with van der Waals surface area (Å²) in [6, 6.07) is 9.25. The maximum absolute atomic E-state index is 12.3. The summed E-state index contributed by atoms with van der Waals surface area (Å²) < 4.78 is 5.51. The molecule has 1 fully saturated rings. The second-order valence-electron chi connectivity index (χ2n) is 6.02. The Bertz CT molecular complexity index is 779. The van der Waals surface area contributed by atoms with Crippen molar-refractivity contribution in [3.8, 4) is 5.75 Å². The molecule has 7 heteroatoms. The van der Waals surface area contributed by atoms with Crippen LogP contribution in [-0.2, 0) is 4.79 Å². The van der Waals surface area contributed by atoms with Crippen LogP contribution in [0.4, 0.5) is 0 Å². The summed E-state index contributed by atoms with van der Waals surface area (Å²) in [4.78, 5) is 34.0. The van der Waals surface area contributed by atoms with Gasteiger partial charge >= 0.3 is 0 Å². The van der Waals surface area contributed by atoms with Crippen molar-refractivity contribution in [2.24, 2.45) is 5.73 Å². The van der Waals surface area contributed by atoms with Crippen LogP contribution in [0.15, 0.2) is 36.5 Å². The standard InChI is InChI=1S/C18H20N4O3/c1-12-15(17(19)24)9-20-18(21-12)13-7-8-22(10-13)16(23)11-25-14-5-3-2-4-6-14/h2-6,9,13H,7-8,10-11H2,1H3,(H2,19,24)/t13-/m0/s1. The van der Waals surface area contributed by atoms with E-state index in [-0.39, 0.29) is 18.4 Å². The molecule has 0 aliphatic carbocycles. The van der Waals surface area contributed by atoms with E-state index in [0.29, 0.717) is 35.9 Å². The normalized spacial score (nSPS) is 16.7. The van der Waals surface area contributed by atoms with E-state index in [9.17, 15) is 9.59 Å². The van der Waals surface area contributed by atoms with Gasteiger partial charge in [-0.1, -0.05) is 18.2 Å². The highest BCUT2D eigenvalue weighted by Crippen LogP contribution is 2.25. The van der Waals surface area contributed by atoms with Crippen LogP contribution < -0.4 is 10.5 Å². The van der Waals surface area contributed by atoms with E-state index in [1.165, 1.54) is 6.20 Å². The third-order valence-electron chi connectivity index (χ3n) is 4.28. The monoisotopic (exact) mass is 340 g/mol. The molecule has 2 heterocycles. The fraction of sp³-hybridized carbons (Fsp3) is 0.333. The number of carbonyl (C=O) groups is 2. The average molecular weight is 340 g/mol. The number of carbonyl (C=O) groups excluding carboxylic acids is 2. The van der Waals surface area contributed by atoms with Crippen LogP contribution in [-0.4, -0.2) is 46.4 Å². The van der Waals surface area contributed by atoms with Crippen molar-refractivity contribution >= 4 is 11.8 Å². The minimum absolute atomic E-state index is 0.0111. The molecule has 1 aliphatic heterocycles. The fourth-order valence-corrected chi connectivity index (χ4v) is 2.87. The van der Waals surface area contributed by atoms with E-state index in [1.807, 2.05) is 30.3 Å². The molecule has 0 saturated carbocycles. The molecule has 7 nitrogen and oxygen atoms in total. The smallest absolute Gasteiger partial charge is 0.260 e. The number of rotatable bonds is 5. The molecule has 1 aliphatic rings. The molecule has 2 aromatic rings. The molecule has 130 valence electrons. The molecule has 1 aromatic heterocycles.